The van der Waals surface area contributed by atoms with Gasteiger partial charge in [0.1, 0.15) is 11.6 Å². The average Bonchev–Trinajstić information content (AvgIpc) is 2.37. The Labute approximate surface area is 108 Å². The molecular weight excluding hydrogens is 222 g/mol. The van der Waals surface area contributed by atoms with Crippen LogP contribution in [0.15, 0.2) is 36.5 Å². The van der Waals surface area contributed by atoms with Crippen LogP contribution in [0.2, 0.25) is 0 Å². The number of hydrogen-bond donors (Lipinski definition) is 1. The molecule has 0 radical (unpaired) electrons. The number of hydrogen-bond acceptors (Lipinski definition) is 3. The number of benzene rings is 1. The zero-order valence-corrected chi connectivity index (χ0v) is 11.0. The van der Waals surface area contributed by atoms with Crippen LogP contribution in [0.25, 0.3) is 0 Å². The van der Waals surface area contributed by atoms with Crippen molar-refractivity contribution in [2.24, 2.45) is 0 Å². The predicted octanol–water partition coefficient (Wildman–Crippen LogP) is 3.20. The van der Waals surface area contributed by atoms with Crippen molar-refractivity contribution in [2.75, 3.05) is 11.9 Å². The summed E-state index contributed by atoms with van der Waals surface area (Å²) in [6, 6.07) is 10.4. The Kier molecular flexibility index (Phi) is 4.29. The fourth-order valence-corrected chi connectivity index (χ4v) is 1.84. The van der Waals surface area contributed by atoms with Gasteiger partial charge in [-0.2, -0.15) is 0 Å². The van der Waals surface area contributed by atoms with Crippen LogP contribution in [0.5, 0.6) is 0 Å². The maximum atomic E-state index is 4.51. The van der Waals surface area contributed by atoms with Crippen LogP contribution in [-0.4, -0.2) is 16.5 Å². The summed E-state index contributed by atoms with van der Waals surface area (Å²) in [5, 5.41) is 3.28. The maximum Gasteiger partial charge on any atom is 0.135 e. The molecule has 1 N–H and O–H groups in total. The summed E-state index contributed by atoms with van der Waals surface area (Å²) in [4.78, 5) is 8.83. The number of aromatic nitrogens is 2. The van der Waals surface area contributed by atoms with Gasteiger partial charge in [-0.25, -0.2) is 9.97 Å². The summed E-state index contributed by atoms with van der Waals surface area (Å²) in [7, 11) is 0. The summed E-state index contributed by atoms with van der Waals surface area (Å²) in [6.07, 6.45) is 3.69. The predicted molar refractivity (Wildman–Crippen MR) is 74.8 cm³/mol. The van der Waals surface area contributed by atoms with Crippen molar-refractivity contribution in [2.45, 2.75) is 26.7 Å². The molecule has 0 saturated carbocycles. The first-order valence-electron chi connectivity index (χ1n) is 6.39. The molecule has 1 aromatic heterocycles. The van der Waals surface area contributed by atoms with E-state index < -0.39 is 0 Å². The molecule has 1 heterocycles. The van der Waals surface area contributed by atoms with Crippen molar-refractivity contribution in [3.63, 3.8) is 0 Å². The molecule has 0 aliphatic heterocycles. The smallest absolute Gasteiger partial charge is 0.135 e. The van der Waals surface area contributed by atoms with E-state index in [0.29, 0.717) is 0 Å². The minimum atomic E-state index is 0.781. The number of rotatable bonds is 5. The summed E-state index contributed by atoms with van der Waals surface area (Å²) < 4.78 is 0. The van der Waals surface area contributed by atoms with Gasteiger partial charge in [0.05, 0.1) is 0 Å². The minimum Gasteiger partial charge on any atom is -0.370 e. The van der Waals surface area contributed by atoms with E-state index in [1.807, 2.05) is 12.3 Å². The van der Waals surface area contributed by atoms with E-state index in [0.717, 1.165) is 31.0 Å². The van der Waals surface area contributed by atoms with Crippen LogP contribution in [0.1, 0.15) is 30.3 Å². The molecule has 0 aliphatic carbocycles. The summed E-state index contributed by atoms with van der Waals surface area (Å²) in [5.41, 5.74) is 2.52. The molecule has 0 aliphatic rings. The van der Waals surface area contributed by atoms with Crippen LogP contribution < -0.4 is 5.32 Å². The van der Waals surface area contributed by atoms with Gasteiger partial charge in [-0.1, -0.05) is 36.8 Å². The lowest BCUT2D eigenvalue weighted by atomic mass is 10.1. The zero-order valence-electron chi connectivity index (χ0n) is 11.0. The summed E-state index contributed by atoms with van der Waals surface area (Å²) in [5.74, 6) is 1.77. The van der Waals surface area contributed by atoms with Gasteiger partial charge in [0.25, 0.3) is 0 Å². The van der Waals surface area contributed by atoms with Gasteiger partial charge in [0.2, 0.25) is 0 Å². The average molecular weight is 241 g/mol. The Bertz CT molecular complexity index is 509. The lowest BCUT2D eigenvalue weighted by Gasteiger charge is -2.06. The van der Waals surface area contributed by atoms with E-state index in [4.69, 9.17) is 0 Å². The van der Waals surface area contributed by atoms with Crippen molar-refractivity contribution in [3.8, 4) is 0 Å². The minimum absolute atomic E-state index is 0.781. The van der Waals surface area contributed by atoms with Gasteiger partial charge >= 0.3 is 0 Å². The van der Waals surface area contributed by atoms with Crippen LogP contribution >= 0.6 is 0 Å². The molecular formula is C15H19N3. The van der Waals surface area contributed by atoms with Gasteiger partial charge in [-0.05, 0) is 25.0 Å². The third-order valence-electron chi connectivity index (χ3n) is 2.71. The van der Waals surface area contributed by atoms with Crippen molar-refractivity contribution in [1.29, 1.82) is 0 Å². The highest BCUT2D eigenvalue weighted by Crippen LogP contribution is 2.10. The molecule has 0 unspecified atom stereocenters. The molecule has 0 fully saturated rings. The van der Waals surface area contributed by atoms with Crippen LogP contribution in [0, 0.1) is 6.92 Å². The lowest BCUT2D eigenvalue weighted by molar-refractivity contribution is 0.931. The Morgan fingerprint density at radius 3 is 2.89 bits per heavy atom. The molecule has 2 rings (SSSR count). The lowest BCUT2D eigenvalue weighted by Crippen LogP contribution is -2.05. The van der Waals surface area contributed by atoms with Crippen molar-refractivity contribution >= 4 is 5.82 Å². The van der Waals surface area contributed by atoms with Gasteiger partial charge in [-0.15, -0.1) is 0 Å². The molecule has 1 aromatic carbocycles. The number of anilines is 1. The number of nitrogens with one attached hydrogen (secondary N) is 1. The van der Waals surface area contributed by atoms with Crippen molar-refractivity contribution < 1.29 is 0 Å². The Hall–Kier alpha value is -1.90. The third-order valence-corrected chi connectivity index (χ3v) is 2.71. The quantitative estimate of drug-likeness (QED) is 0.873. The summed E-state index contributed by atoms with van der Waals surface area (Å²) in [6.45, 7) is 5.19. The van der Waals surface area contributed by atoms with Crippen molar-refractivity contribution in [1.82, 2.24) is 9.97 Å². The van der Waals surface area contributed by atoms with E-state index in [2.05, 4.69) is 53.4 Å². The molecule has 18 heavy (non-hydrogen) atoms. The van der Waals surface area contributed by atoms with Gasteiger partial charge in [-0.3, -0.25) is 0 Å². The molecule has 2 aromatic rings. The topological polar surface area (TPSA) is 37.8 Å². The molecule has 0 amide bonds. The van der Waals surface area contributed by atoms with E-state index in [1.165, 1.54) is 11.1 Å². The van der Waals surface area contributed by atoms with Crippen molar-refractivity contribution in [3.05, 3.63) is 53.5 Å². The highest BCUT2D eigenvalue weighted by molar-refractivity contribution is 5.34. The number of aryl methyl sites for hydroxylation is 1. The molecule has 0 atom stereocenters. The fraction of sp³-hybridized carbons (Fsp3) is 0.333. The normalized spacial score (nSPS) is 10.3. The fourth-order valence-electron chi connectivity index (χ4n) is 1.84. The first kappa shape index (κ1) is 12.6. The van der Waals surface area contributed by atoms with Gasteiger partial charge < -0.3 is 5.32 Å². The second-order valence-corrected chi connectivity index (χ2v) is 4.45. The second-order valence-electron chi connectivity index (χ2n) is 4.45. The SMILES string of the molecule is CCCNc1ccnc(Cc2cccc(C)c2)n1. The summed E-state index contributed by atoms with van der Waals surface area (Å²) >= 11 is 0. The Morgan fingerprint density at radius 1 is 1.22 bits per heavy atom. The zero-order chi connectivity index (χ0) is 12.8. The van der Waals surface area contributed by atoms with Crippen LogP contribution in [-0.2, 0) is 6.42 Å². The molecule has 0 bridgehead atoms. The van der Waals surface area contributed by atoms with Crippen LogP contribution in [0.3, 0.4) is 0 Å². The van der Waals surface area contributed by atoms with Gasteiger partial charge in [0.15, 0.2) is 0 Å². The number of nitrogens with zero attached hydrogens (tertiary/aromatic N) is 2. The molecule has 0 spiro atoms. The highest BCUT2D eigenvalue weighted by atomic mass is 15.0. The molecule has 3 heteroatoms. The van der Waals surface area contributed by atoms with Crippen LogP contribution in [0.4, 0.5) is 5.82 Å². The Morgan fingerprint density at radius 2 is 2.11 bits per heavy atom. The van der Waals surface area contributed by atoms with E-state index in [-0.39, 0.29) is 0 Å². The van der Waals surface area contributed by atoms with E-state index in [1.54, 1.807) is 0 Å². The Balaban J connectivity index is 2.09. The second kappa shape index (κ2) is 6.15. The highest BCUT2D eigenvalue weighted by Gasteiger charge is 2.01. The largest absolute Gasteiger partial charge is 0.370 e. The van der Waals surface area contributed by atoms with Gasteiger partial charge in [0, 0.05) is 19.2 Å². The molecule has 3 nitrogen and oxygen atoms in total. The monoisotopic (exact) mass is 241 g/mol. The van der Waals surface area contributed by atoms with E-state index >= 15 is 0 Å². The maximum absolute atomic E-state index is 4.51. The first-order valence-corrected chi connectivity index (χ1v) is 6.39. The molecule has 0 saturated heterocycles. The molecule has 94 valence electrons. The standard InChI is InChI=1S/C15H19N3/c1-3-8-16-14-7-9-17-15(18-14)11-13-6-4-5-12(2)10-13/h4-7,9-10H,3,8,11H2,1-2H3,(H,16,17,18). The first-order chi connectivity index (χ1) is 8.78. The van der Waals surface area contributed by atoms with E-state index in [9.17, 15) is 0 Å². The third kappa shape index (κ3) is 3.55.